The Morgan fingerprint density at radius 1 is 1.25 bits per heavy atom. The van der Waals surface area contributed by atoms with Gasteiger partial charge in [0.05, 0.1) is 0 Å². The summed E-state index contributed by atoms with van der Waals surface area (Å²) in [6, 6.07) is 5.00. The van der Waals surface area contributed by atoms with Crippen LogP contribution in [-0.4, -0.2) is 44.1 Å². The van der Waals surface area contributed by atoms with Crippen molar-refractivity contribution in [1.29, 1.82) is 4.78 Å². The highest BCUT2D eigenvalue weighted by atomic mass is 32.2. The average molecular weight is 368 g/mol. The molecule has 3 atom stereocenters. The molecule has 5 N–H and O–H groups in total. The first-order valence-corrected chi connectivity index (χ1v) is 8.86. The van der Waals surface area contributed by atoms with Gasteiger partial charge in [0.1, 0.15) is 6.04 Å². The summed E-state index contributed by atoms with van der Waals surface area (Å²) in [5, 5.41) is 18.7. The maximum atomic E-state index is 13.3. The van der Waals surface area contributed by atoms with E-state index in [-0.39, 0.29) is 6.42 Å². The van der Waals surface area contributed by atoms with Crippen molar-refractivity contribution >= 4 is 15.7 Å². The van der Waals surface area contributed by atoms with Crippen molar-refractivity contribution in [3.8, 4) is 0 Å². The monoisotopic (exact) mass is 368 g/mol. The number of carboxylic acid groups (broad SMARTS) is 1. The lowest BCUT2D eigenvalue weighted by Gasteiger charge is -2.31. The molecular formula is C14H19F3N2O4S. The molecule has 0 aliphatic rings. The van der Waals surface area contributed by atoms with E-state index in [1.54, 1.807) is 0 Å². The molecular weight excluding hydrogens is 349 g/mol. The van der Waals surface area contributed by atoms with Crippen LogP contribution in [0.2, 0.25) is 0 Å². The number of halogens is 3. The van der Waals surface area contributed by atoms with E-state index in [0.717, 1.165) is 12.1 Å². The Morgan fingerprint density at radius 3 is 2.25 bits per heavy atom. The number of carbonyl (C=O) groups is 1. The summed E-state index contributed by atoms with van der Waals surface area (Å²) in [5.41, 5.74) is 1.59. The number of carboxylic acids is 1. The van der Waals surface area contributed by atoms with E-state index in [4.69, 9.17) is 15.6 Å². The highest BCUT2D eigenvalue weighted by Gasteiger charge is 2.54. The van der Waals surface area contributed by atoms with Crippen LogP contribution < -0.4 is 5.73 Å². The van der Waals surface area contributed by atoms with Crippen LogP contribution in [0.25, 0.3) is 0 Å². The molecule has 6 nitrogen and oxygen atoms in total. The van der Waals surface area contributed by atoms with Gasteiger partial charge in [-0.1, -0.05) is 30.3 Å². The Labute approximate surface area is 137 Å². The third kappa shape index (κ3) is 5.18. The number of hydrogen-bond acceptors (Lipinski definition) is 5. The van der Waals surface area contributed by atoms with Gasteiger partial charge in [0.2, 0.25) is 0 Å². The van der Waals surface area contributed by atoms with Gasteiger partial charge in [-0.3, -0.25) is 9.57 Å². The normalized spacial score (nSPS) is 18.4. The van der Waals surface area contributed by atoms with E-state index in [1.807, 2.05) is 0 Å². The van der Waals surface area contributed by atoms with Gasteiger partial charge in [0.25, 0.3) is 0 Å². The highest BCUT2D eigenvalue weighted by Crippen LogP contribution is 2.41. The van der Waals surface area contributed by atoms with Crippen LogP contribution in [-0.2, 0) is 20.1 Å². The van der Waals surface area contributed by atoms with Crippen molar-refractivity contribution in [3.63, 3.8) is 0 Å². The van der Waals surface area contributed by atoms with Gasteiger partial charge in [-0.2, -0.15) is 13.2 Å². The lowest BCUT2D eigenvalue weighted by atomic mass is 9.90. The van der Waals surface area contributed by atoms with Gasteiger partial charge < -0.3 is 15.9 Å². The number of nitrogens with two attached hydrogens (primary N) is 1. The van der Waals surface area contributed by atoms with Gasteiger partial charge in [0.15, 0.2) is 5.60 Å². The van der Waals surface area contributed by atoms with Crippen LogP contribution in [0.4, 0.5) is 13.2 Å². The fourth-order valence-corrected chi connectivity index (χ4v) is 3.48. The van der Waals surface area contributed by atoms with E-state index in [2.05, 4.69) is 0 Å². The molecule has 0 saturated heterocycles. The zero-order valence-electron chi connectivity index (χ0n) is 12.6. The summed E-state index contributed by atoms with van der Waals surface area (Å²) in [6.07, 6.45) is -6.28. The Balaban J connectivity index is 2.88. The first-order chi connectivity index (χ1) is 10.9. The first-order valence-electron chi connectivity index (χ1n) is 6.96. The molecule has 0 unspecified atom stereocenters. The summed E-state index contributed by atoms with van der Waals surface area (Å²) in [7, 11) is -3.51. The molecule has 0 aliphatic carbocycles. The fourth-order valence-electron chi connectivity index (χ4n) is 2.02. The van der Waals surface area contributed by atoms with Gasteiger partial charge >= 0.3 is 12.1 Å². The molecule has 0 aromatic heterocycles. The van der Waals surface area contributed by atoms with Gasteiger partial charge in [-0.25, -0.2) is 4.21 Å². The van der Waals surface area contributed by atoms with Gasteiger partial charge in [-0.15, -0.1) is 0 Å². The van der Waals surface area contributed by atoms with E-state index >= 15 is 0 Å². The molecule has 0 heterocycles. The number of aliphatic carboxylic acids is 1. The average Bonchev–Trinajstić information content (AvgIpc) is 2.50. The summed E-state index contributed by atoms with van der Waals surface area (Å²) in [4.78, 5) is 10.6. The molecule has 1 aromatic carbocycles. The predicted molar refractivity (Wildman–Crippen MR) is 81.8 cm³/mol. The summed E-state index contributed by atoms with van der Waals surface area (Å²) in [5.74, 6) is -2.53. The minimum Gasteiger partial charge on any atom is -0.480 e. The molecule has 0 radical (unpaired) electrons. The second-order valence-corrected chi connectivity index (χ2v) is 7.87. The van der Waals surface area contributed by atoms with Crippen LogP contribution in [0.5, 0.6) is 0 Å². The van der Waals surface area contributed by atoms with Gasteiger partial charge in [-0.05, 0) is 12.0 Å². The second-order valence-electron chi connectivity index (χ2n) is 5.43. The van der Waals surface area contributed by atoms with Crippen LogP contribution in [0.15, 0.2) is 30.3 Å². The third-order valence-corrected chi connectivity index (χ3v) is 5.35. The van der Waals surface area contributed by atoms with Gasteiger partial charge in [0, 0.05) is 27.7 Å². The number of aliphatic hydroxyl groups is 1. The highest BCUT2D eigenvalue weighted by molar-refractivity contribution is 7.92. The molecule has 0 amide bonds. The van der Waals surface area contributed by atoms with Crippen LogP contribution in [0.3, 0.4) is 0 Å². The lowest BCUT2D eigenvalue weighted by molar-refractivity contribution is -0.267. The molecule has 0 spiro atoms. The minimum atomic E-state index is -5.01. The molecule has 1 aromatic rings. The van der Waals surface area contributed by atoms with E-state index in [1.165, 1.54) is 18.2 Å². The van der Waals surface area contributed by atoms with E-state index in [9.17, 15) is 27.3 Å². The predicted octanol–water partition coefficient (Wildman–Crippen LogP) is 1.68. The number of alkyl halides is 3. The van der Waals surface area contributed by atoms with Crippen LogP contribution >= 0.6 is 0 Å². The number of benzene rings is 1. The van der Waals surface area contributed by atoms with Crippen molar-refractivity contribution in [1.82, 2.24) is 0 Å². The maximum absolute atomic E-state index is 13.3. The molecule has 0 aliphatic heterocycles. The largest absolute Gasteiger partial charge is 0.480 e. The summed E-state index contributed by atoms with van der Waals surface area (Å²) >= 11 is 0. The minimum absolute atomic E-state index is 0.298. The standard InChI is InChI=1S/C14H19F3N2O4S/c15-14(16,17)13(22,10-4-2-1-3-5-10)7-9-24(19,23)8-6-11(18)12(20)21/h1-5,11,19,22H,6-9,18H2,(H,20,21)/t11-,13-,24+/m0/s1. The molecule has 136 valence electrons. The quantitative estimate of drug-likeness (QED) is 0.556. The number of hydrogen-bond donors (Lipinski definition) is 4. The Morgan fingerprint density at radius 2 is 1.79 bits per heavy atom. The van der Waals surface area contributed by atoms with E-state index < -0.39 is 57.0 Å². The van der Waals surface area contributed by atoms with Crippen molar-refractivity contribution in [2.75, 3.05) is 11.5 Å². The Bertz CT molecular complexity index is 664. The Hall–Kier alpha value is -1.65. The van der Waals surface area contributed by atoms with Crippen LogP contribution in [0, 0.1) is 4.78 Å². The smallest absolute Gasteiger partial charge is 0.421 e. The zero-order chi connectivity index (χ0) is 18.6. The molecule has 10 heteroatoms. The fraction of sp³-hybridized carbons (Fsp3) is 0.500. The third-order valence-electron chi connectivity index (χ3n) is 3.59. The van der Waals surface area contributed by atoms with Crippen molar-refractivity contribution in [2.24, 2.45) is 5.73 Å². The maximum Gasteiger partial charge on any atom is 0.421 e. The zero-order valence-corrected chi connectivity index (χ0v) is 13.4. The van der Waals surface area contributed by atoms with E-state index in [0.29, 0.717) is 0 Å². The SMILES string of the molecule is N=[S@@](=O)(CC[C@H](N)C(=O)O)CC[C@](O)(c1ccccc1)C(F)(F)F. The Kier molecular flexibility index (Phi) is 6.37. The van der Waals surface area contributed by atoms with Crippen LogP contribution in [0.1, 0.15) is 18.4 Å². The number of nitrogens with one attached hydrogen (secondary N) is 1. The first kappa shape index (κ1) is 20.4. The molecule has 24 heavy (non-hydrogen) atoms. The van der Waals surface area contributed by atoms with Crippen molar-refractivity contribution < 1.29 is 32.4 Å². The van der Waals surface area contributed by atoms with Crippen molar-refractivity contribution in [3.05, 3.63) is 35.9 Å². The summed E-state index contributed by atoms with van der Waals surface area (Å²) in [6.45, 7) is 0. The number of rotatable bonds is 8. The lowest BCUT2D eigenvalue weighted by Crippen LogP contribution is -2.44. The molecule has 0 saturated carbocycles. The second kappa shape index (κ2) is 7.49. The molecule has 0 bridgehead atoms. The summed E-state index contributed by atoms with van der Waals surface area (Å²) < 4.78 is 59.5. The van der Waals surface area contributed by atoms with Crippen molar-refractivity contribution in [2.45, 2.75) is 30.7 Å². The molecule has 0 fully saturated rings. The topological polar surface area (TPSA) is 124 Å². The molecule has 1 rings (SSSR count).